The molecule has 0 bridgehead atoms. The van der Waals surface area contributed by atoms with Gasteiger partial charge in [0.1, 0.15) is 11.5 Å². The second kappa shape index (κ2) is 6.13. The van der Waals surface area contributed by atoms with Crippen LogP contribution < -0.4 is 22.3 Å². The number of nitrogens with one attached hydrogen (secondary N) is 1. The first-order chi connectivity index (χ1) is 10.1. The van der Waals surface area contributed by atoms with Crippen LogP contribution in [0.2, 0.25) is 0 Å². The van der Waals surface area contributed by atoms with E-state index in [-0.39, 0.29) is 11.5 Å². The summed E-state index contributed by atoms with van der Waals surface area (Å²) >= 11 is 0. The van der Waals surface area contributed by atoms with E-state index in [9.17, 15) is 9.59 Å². The number of nitrogen functional groups attached to an aromatic ring is 1. The van der Waals surface area contributed by atoms with Crippen molar-refractivity contribution in [1.82, 2.24) is 9.13 Å². The van der Waals surface area contributed by atoms with E-state index in [1.807, 2.05) is 30.3 Å². The molecule has 1 aromatic heterocycles. The van der Waals surface area contributed by atoms with E-state index in [1.54, 1.807) is 6.08 Å². The quantitative estimate of drug-likeness (QED) is 0.796. The van der Waals surface area contributed by atoms with Gasteiger partial charge in [-0.05, 0) is 5.56 Å². The molecule has 6 nitrogen and oxygen atoms in total. The number of nitrogens with zero attached hydrogens (tertiary/aromatic N) is 2. The molecule has 0 amide bonds. The maximum absolute atomic E-state index is 12.2. The SMILES string of the molecule is C=CCNc1c(N)n(Cc2ccccc2)c(=O)n(C)c1=O. The van der Waals surface area contributed by atoms with E-state index >= 15 is 0 Å². The summed E-state index contributed by atoms with van der Waals surface area (Å²) in [5, 5.41) is 2.89. The second-order valence-corrected chi connectivity index (χ2v) is 4.65. The minimum Gasteiger partial charge on any atom is -0.383 e. The minimum atomic E-state index is -0.441. The topological polar surface area (TPSA) is 82.0 Å². The summed E-state index contributed by atoms with van der Waals surface area (Å²) in [6.07, 6.45) is 1.62. The molecule has 0 spiro atoms. The van der Waals surface area contributed by atoms with Crippen LogP contribution in [0, 0.1) is 0 Å². The number of rotatable bonds is 5. The van der Waals surface area contributed by atoms with Crippen LogP contribution in [0.5, 0.6) is 0 Å². The first-order valence-electron chi connectivity index (χ1n) is 6.54. The Morgan fingerprint density at radius 1 is 1.29 bits per heavy atom. The molecule has 0 saturated carbocycles. The van der Waals surface area contributed by atoms with Crippen molar-refractivity contribution in [2.24, 2.45) is 7.05 Å². The van der Waals surface area contributed by atoms with Crippen LogP contribution in [0.4, 0.5) is 11.5 Å². The zero-order chi connectivity index (χ0) is 15.4. The van der Waals surface area contributed by atoms with E-state index in [2.05, 4.69) is 11.9 Å². The molecule has 0 radical (unpaired) electrons. The summed E-state index contributed by atoms with van der Waals surface area (Å²) in [5.41, 5.74) is 6.26. The fraction of sp³-hybridized carbons (Fsp3) is 0.200. The maximum Gasteiger partial charge on any atom is 0.332 e. The van der Waals surface area contributed by atoms with Crippen LogP contribution in [0.1, 0.15) is 5.56 Å². The Morgan fingerprint density at radius 3 is 2.57 bits per heavy atom. The number of hydrogen-bond donors (Lipinski definition) is 2. The predicted molar refractivity (Wildman–Crippen MR) is 84.6 cm³/mol. The van der Waals surface area contributed by atoms with E-state index in [4.69, 9.17) is 5.73 Å². The monoisotopic (exact) mass is 286 g/mol. The third kappa shape index (κ3) is 2.89. The van der Waals surface area contributed by atoms with Gasteiger partial charge in [-0.15, -0.1) is 6.58 Å². The van der Waals surface area contributed by atoms with Crippen molar-refractivity contribution in [3.8, 4) is 0 Å². The van der Waals surface area contributed by atoms with Crippen molar-refractivity contribution in [2.45, 2.75) is 6.54 Å². The number of hydrogen-bond acceptors (Lipinski definition) is 4. The molecule has 0 aliphatic carbocycles. The van der Waals surface area contributed by atoms with Gasteiger partial charge in [-0.3, -0.25) is 13.9 Å². The summed E-state index contributed by atoms with van der Waals surface area (Å²) < 4.78 is 2.42. The van der Waals surface area contributed by atoms with E-state index in [0.29, 0.717) is 13.1 Å². The smallest absolute Gasteiger partial charge is 0.332 e. The lowest BCUT2D eigenvalue weighted by Crippen LogP contribution is -2.41. The van der Waals surface area contributed by atoms with Gasteiger partial charge in [-0.25, -0.2) is 4.79 Å². The molecule has 2 rings (SSSR count). The highest BCUT2D eigenvalue weighted by molar-refractivity contribution is 5.61. The van der Waals surface area contributed by atoms with Crippen molar-refractivity contribution >= 4 is 11.5 Å². The van der Waals surface area contributed by atoms with Crippen molar-refractivity contribution in [2.75, 3.05) is 17.6 Å². The molecule has 21 heavy (non-hydrogen) atoms. The van der Waals surface area contributed by atoms with Crippen LogP contribution in [0.3, 0.4) is 0 Å². The molecule has 0 saturated heterocycles. The molecular weight excluding hydrogens is 268 g/mol. The largest absolute Gasteiger partial charge is 0.383 e. The number of aromatic nitrogens is 2. The van der Waals surface area contributed by atoms with Gasteiger partial charge in [0.15, 0.2) is 0 Å². The Balaban J connectivity index is 2.55. The second-order valence-electron chi connectivity index (χ2n) is 4.65. The van der Waals surface area contributed by atoms with Crippen LogP contribution in [-0.2, 0) is 13.6 Å². The molecule has 2 aromatic rings. The molecular formula is C15H18N4O2. The van der Waals surface area contributed by atoms with Crippen LogP contribution in [0.15, 0.2) is 52.6 Å². The molecule has 0 atom stereocenters. The standard InChI is InChI=1S/C15H18N4O2/c1-3-9-17-12-13(16)19(15(21)18(2)14(12)20)10-11-7-5-4-6-8-11/h3-8,17H,1,9-10,16H2,2H3. The maximum atomic E-state index is 12.2. The molecule has 3 N–H and O–H groups in total. The number of nitrogens with two attached hydrogens (primary N) is 1. The summed E-state index contributed by atoms with van der Waals surface area (Å²) in [5.74, 6) is 0.133. The highest BCUT2D eigenvalue weighted by Gasteiger charge is 2.14. The van der Waals surface area contributed by atoms with E-state index in [1.165, 1.54) is 11.6 Å². The third-order valence-electron chi connectivity index (χ3n) is 3.19. The van der Waals surface area contributed by atoms with Crippen molar-refractivity contribution in [1.29, 1.82) is 0 Å². The van der Waals surface area contributed by atoms with Gasteiger partial charge < -0.3 is 11.1 Å². The molecule has 1 heterocycles. The van der Waals surface area contributed by atoms with Crippen molar-refractivity contribution in [3.05, 3.63) is 69.4 Å². The van der Waals surface area contributed by atoms with Gasteiger partial charge >= 0.3 is 5.69 Å². The van der Waals surface area contributed by atoms with Gasteiger partial charge in [-0.1, -0.05) is 36.4 Å². The minimum absolute atomic E-state index is 0.133. The zero-order valence-electron chi connectivity index (χ0n) is 11.9. The number of anilines is 2. The highest BCUT2D eigenvalue weighted by Crippen LogP contribution is 2.12. The lowest BCUT2D eigenvalue weighted by atomic mass is 10.2. The Morgan fingerprint density at radius 2 is 1.95 bits per heavy atom. The lowest BCUT2D eigenvalue weighted by Gasteiger charge is -2.15. The lowest BCUT2D eigenvalue weighted by molar-refractivity contribution is 0.657. The molecule has 110 valence electrons. The van der Waals surface area contributed by atoms with Crippen LogP contribution >= 0.6 is 0 Å². The third-order valence-corrected chi connectivity index (χ3v) is 3.19. The van der Waals surface area contributed by atoms with Gasteiger partial charge in [0.2, 0.25) is 0 Å². The Bertz CT molecular complexity index is 760. The molecule has 1 aromatic carbocycles. The molecule has 0 aliphatic rings. The van der Waals surface area contributed by atoms with E-state index in [0.717, 1.165) is 10.1 Å². The fourth-order valence-corrected chi connectivity index (χ4v) is 2.04. The van der Waals surface area contributed by atoms with Crippen LogP contribution in [-0.4, -0.2) is 15.7 Å². The summed E-state index contributed by atoms with van der Waals surface area (Å²) in [7, 11) is 1.44. The molecule has 0 aliphatic heterocycles. The summed E-state index contributed by atoms with van der Waals surface area (Å²) in [6, 6.07) is 9.46. The van der Waals surface area contributed by atoms with Crippen molar-refractivity contribution in [3.63, 3.8) is 0 Å². The first-order valence-corrected chi connectivity index (χ1v) is 6.54. The Labute approximate surface area is 122 Å². The molecule has 6 heteroatoms. The summed E-state index contributed by atoms with van der Waals surface area (Å²) in [6.45, 7) is 4.28. The molecule has 0 fully saturated rings. The van der Waals surface area contributed by atoms with Crippen LogP contribution in [0.25, 0.3) is 0 Å². The Hall–Kier alpha value is -2.76. The predicted octanol–water partition coefficient (Wildman–Crippen LogP) is 0.775. The van der Waals surface area contributed by atoms with E-state index < -0.39 is 11.2 Å². The average Bonchev–Trinajstić information content (AvgIpc) is 2.51. The number of benzene rings is 1. The zero-order valence-corrected chi connectivity index (χ0v) is 11.9. The Kier molecular flexibility index (Phi) is 4.27. The summed E-state index contributed by atoms with van der Waals surface area (Å²) in [4.78, 5) is 24.3. The van der Waals surface area contributed by atoms with Gasteiger partial charge in [0, 0.05) is 13.6 Å². The fourth-order valence-electron chi connectivity index (χ4n) is 2.04. The highest BCUT2D eigenvalue weighted by atomic mass is 16.2. The normalized spacial score (nSPS) is 10.3. The average molecular weight is 286 g/mol. The first kappa shape index (κ1) is 14.6. The van der Waals surface area contributed by atoms with Gasteiger partial charge in [0.05, 0.1) is 6.54 Å². The van der Waals surface area contributed by atoms with Gasteiger partial charge in [0.25, 0.3) is 5.56 Å². The molecule has 0 unspecified atom stereocenters. The van der Waals surface area contributed by atoms with Crippen molar-refractivity contribution < 1.29 is 0 Å². The van der Waals surface area contributed by atoms with Gasteiger partial charge in [-0.2, -0.15) is 0 Å².